The van der Waals surface area contributed by atoms with Crippen LogP contribution in [0.25, 0.3) is 113 Å². The van der Waals surface area contributed by atoms with E-state index in [0.717, 1.165) is 33.2 Å². The molecular formula is C50H29NOSe. The molecule has 0 atom stereocenters. The summed E-state index contributed by atoms with van der Waals surface area (Å²) in [7, 11) is 0. The molecule has 0 aliphatic heterocycles. The van der Waals surface area contributed by atoms with Crippen LogP contribution in [0.1, 0.15) is 0 Å². The minimum absolute atomic E-state index is 0.216. The fourth-order valence-electron chi connectivity index (χ4n) is 8.66. The fraction of sp³-hybridized carbons (Fsp3) is 0. The maximum absolute atomic E-state index is 6.88. The molecule has 12 rings (SSSR count). The topological polar surface area (TPSA) is 18.1 Å². The van der Waals surface area contributed by atoms with E-state index < -0.39 is 0 Å². The van der Waals surface area contributed by atoms with Gasteiger partial charge in [0.25, 0.3) is 0 Å². The summed E-state index contributed by atoms with van der Waals surface area (Å²) in [5.74, 6) is 0. The molecule has 12 aromatic rings. The third-order valence-corrected chi connectivity index (χ3v) is 13.7. The first-order valence-corrected chi connectivity index (χ1v) is 19.8. The predicted molar refractivity (Wildman–Crippen MR) is 226 cm³/mol. The van der Waals surface area contributed by atoms with Crippen LogP contribution in [0.2, 0.25) is 0 Å². The van der Waals surface area contributed by atoms with Gasteiger partial charge in [-0.15, -0.1) is 0 Å². The van der Waals surface area contributed by atoms with Gasteiger partial charge in [0.05, 0.1) is 0 Å². The molecule has 246 valence electrons. The van der Waals surface area contributed by atoms with Gasteiger partial charge in [-0.2, -0.15) is 0 Å². The Kier molecular flexibility index (Phi) is 6.10. The second-order valence-corrected chi connectivity index (χ2v) is 16.3. The summed E-state index contributed by atoms with van der Waals surface area (Å²) in [5.41, 5.74) is 10.1. The van der Waals surface area contributed by atoms with Gasteiger partial charge in [-0.25, -0.2) is 0 Å². The van der Waals surface area contributed by atoms with Crippen molar-refractivity contribution < 1.29 is 4.42 Å². The molecule has 0 bridgehead atoms. The molecule has 53 heavy (non-hydrogen) atoms. The average molecular weight is 739 g/mol. The SMILES string of the molecule is c1ccc2cc(-c3ccc(-n4c5ccccc5c5cc(-c6ccc7c(c6)[se]c6c8ccccc8ccc76)c6oc7ccccc7c6c54)cc3)ccc2c1. The van der Waals surface area contributed by atoms with Crippen molar-refractivity contribution in [2.45, 2.75) is 0 Å². The van der Waals surface area contributed by atoms with Gasteiger partial charge in [0, 0.05) is 0 Å². The third kappa shape index (κ3) is 4.27. The van der Waals surface area contributed by atoms with Gasteiger partial charge in [-0.3, -0.25) is 0 Å². The first-order chi connectivity index (χ1) is 26.3. The van der Waals surface area contributed by atoms with Crippen molar-refractivity contribution in [1.82, 2.24) is 4.57 Å². The summed E-state index contributed by atoms with van der Waals surface area (Å²) < 4.78 is 12.2. The van der Waals surface area contributed by atoms with Crippen molar-refractivity contribution in [1.29, 1.82) is 0 Å². The van der Waals surface area contributed by atoms with Gasteiger partial charge >= 0.3 is 253 Å². The minimum Gasteiger partial charge on any atom is -0.0544 e. The normalized spacial score (nSPS) is 12.2. The zero-order valence-corrected chi connectivity index (χ0v) is 30.2. The van der Waals surface area contributed by atoms with Crippen molar-refractivity contribution in [3.8, 4) is 27.9 Å². The van der Waals surface area contributed by atoms with Crippen LogP contribution in [0.15, 0.2) is 180 Å². The van der Waals surface area contributed by atoms with E-state index in [1.807, 2.05) is 0 Å². The Morgan fingerprint density at radius 3 is 2.00 bits per heavy atom. The van der Waals surface area contributed by atoms with E-state index in [4.69, 9.17) is 4.42 Å². The van der Waals surface area contributed by atoms with Crippen LogP contribution in [-0.2, 0) is 0 Å². The second-order valence-electron chi connectivity index (χ2n) is 14.1. The summed E-state index contributed by atoms with van der Waals surface area (Å²) in [6, 6.07) is 64.5. The Morgan fingerprint density at radius 2 is 1.11 bits per heavy atom. The molecule has 3 aromatic heterocycles. The van der Waals surface area contributed by atoms with Crippen molar-refractivity contribution >= 4 is 99.1 Å². The summed E-state index contributed by atoms with van der Waals surface area (Å²) in [6.45, 7) is 0. The van der Waals surface area contributed by atoms with E-state index in [-0.39, 0.29) is 14.5 Å². The molecule has 0 aliphatic carbocycles. The maximum atomic E-state index is 6.88. The molecule has 0 fully saturated rings. The second kappa shape index (κ2) is 11.1. The Bertz CT molecular complexity index is 3450. The number of rotatable bonds is 3. The van der Waals surface area contributed by atoms with Gasteiger partial charge in [0.2, 0.25) is 0 Å². The molecule has 0 radical (unpaired) electrons. The molecule has 0 spiro atoms. The molecule has 0 amide bonds. The van der Waals surface area contributed by atoms with Gasteiger partial charge in [0.1, 0.15) is 0 Å². The molecule has 0 saturated heterocycles. The third-order valence-electron chi connectivity index (χ3n) is 11.2. The molecule has 0 saturated carbocycles. The van der Waals surface area contributed by atoms with Crippen LogP contribution in [-0.4, -0.2) is 19.1 Å². The quantitative estimate of drug-likeness (QED) is 0.165. The van der Waals surface area contributed by atoms with Gasteiger partial charge < -0.3 is 0 Å². The Balaban J connectivity index is 1.11. The van der Waals surface area contributed by atoms with Crippen LogP contribution in [0.4, 0.5) is 0 Å². The van der Waals surface area contributed by atoms with E-state index in [1.54, 1.807) is 0 Å². The number of nitrogens with zero attached hydrogens (tertiary/aromatic N) is 1. The Labute approximate surface area is 310 Å². The van der Waals surface area contributed by atoms with Crippen LogP contribution >= 0.6 is 0 Å². The monoisotopic (exact) mass is 739 g/mol. The Hall–Kier alpha value is -6.38. The minimum atomic E-state index is 0.216. The van der Waals surface area contributed by atoms with E-state index >= 15 is 0 Å². The summed E-state index contributed by atoms with van der Waals surface area (Å²) in [5, 5.41) is 12.7. The molecule has 3 heteroatoms. The number of aromatic nitrogens is 1. The van der Waals surface area contributed by atoms with E-state index in [9.17, 15) is 0 Å². The number of para-hydroxylation sites is 2. The molecule has 9 aromatic carbocycles. The largest absolute Gasteiger partial charge is 0.0544 e. The van der Waals surface area contributed by atoms with E-state index in [2.05, 4.69) is 180 Å². The number of benzene rings is 9. The zero-order chi connectivity index (χ0) is 34.6. The van der Waals surface area contributed by atoms with Crippen molar-refractivity contribution in [2.24, 2.45) is 0 Å². The van der Waals surface area contributed by atoms with Gasteiger partial charge in [-0.05, 0) is 22.4 Å². The molecule has 2 nitrogen and oxygen atoms in total. The van der Waals surface area contributed by atoms with Crippen LogP contribution < -0.4 is 0 Å². The summed E-state index contributed by atoms with van der Waals surface area (Å²) in [6.07, 6.45) is 0. The van der Waals surface area contributed by atoms with Crippen molar-refractivity contribution in [3.05, 3.63) is 176 Å². The molecule has 0 N–H and O–H groups in total. The van der Waals surface area contributed by atoms with Crippen LogP contribution in [0.5, 0.6) is 0 Å². The maximum Gasteiger partial charge on any atom is -0.0184 e. The number of hydrogen-bond donors (Lipinski definition) is 0. The van der Waals surface area contributed by atoms with E-state index in [1.165, 1.54) is 79.3 Å². The first-order valence-electron chi connectivity index (χ1n) is 18.1. The first kappa shape index (κ1) is 29.2. The Morgan fingerprint density at radius 1 is 0.434 bits per heavy atom. The van der Waals surface area contributed by atoms with Gasteiger partial charge in [-0.1, -0.05) is 36.4 Å². The number of furan rings is 1. The predicted octanol–water partition coefficient (Wildman–Crippen LogP) is 13.7. The average Bonchev–Trinajstić information content (AvgIpc) is 3.90. The summed E-state index contributed by atoms with van der Waals surface area (Å²) >= 11 is 0.216. The van der Waals surface area contributed by atoms with Crippen LogP contribution in [0, 0.1) is 0 Å². The number of hydrogen-bond acceptors (Lipinski definition) is 1. The molecule has 3 heterocycles. The fourth-order valence-corrected chi connectivity index (χ4v) is 11.3. The molecule has 0 aliphatic rings. The molecular weight excluding hydrogens is 710 g/mol. The van der Waals surface area contributed by atoms with E-state index in [0.29, 0.717) is 0 Å². The van der Waals surface area contributed by atoms with Gasteiger partial charge in [0.15, 0.2) is 0 Å². The van der Waals surface area contributed by atoms with Crippen molar-refractivity contribution in [3.63, 3.8) is 0 Å². The molecule has 0 unspecified atom stereocenters. The van der Waals surface area contributed by atoms with Crippen molar-refractivity contribution in [2.75, 3.05) is 0 Å². The smallest absolute Gasteiger partial charge is 0.0184 e. The summed E-state index contributed by atoms with van der Waals surface area (Å²) in [4.78, 5) is 0. The van der Waals surface area contributed by atoms with Crippen LogP contribution in [0.3, 0.4) is 0 Å². The number of fused-ring (bicyclic) bond motifs is 13. The zero-order valence-electron chi connectivity index (χ0n) is 28.5. The standard InChI is InChI=1S/C50H29NOSe/c1-2-11-33-27-34(18-17-30(33)9-1)31-19-23-36(24-20-31)51-44-15-7-5-13-38(44)43-29-42(49-47(48(43)51)41-14-6-8-16-45(41)52-49)35-22-25-39-40-26-21-32-10-3-4-12-37(32)50(40)53-46(39)28-35/h1-29H.